The molecule has 0 heterocycles. The number of carbonyl (C=O) groups excluding carboxylic acids is 5. The van der Waals surface area contributed by atoms with Gasteiger partial charge in [-0.05, 0) is 51.7 Å². The Bertz CT molecular complexity index is 2180. The van der Waals surface area contributed by atoms with Gasteiger partial charge in [-0.25, -0.2) is 0 Å². The van der Waals surface area contributed by atoms with Crippen LogP contribution in [0.5, 0.6) is 0 Å². The van der Waals surface area contributed by atoms with E-state index in [1.54, 1.807) is 37.3 Å². The number of esters is 3. The number of allylic oxidation sites excluding steroid dienone is 10. The number of hydrogen-bond donors (Lipinski definition) is 2. The van der Waals surface area contributed by atoms with Gasteiger partial charge in [0.15, 0.2) is 0 Å². The predicted molar refractivity (Wildman–Crippen MR) is 277 cm³/mol. The summed E-state index contributed by atoms with van der Waals surface area (Å²) in [6.07, 6.45) is 12.3. The van der Waals surface area contributed by atoms with Crippen molar-refractivity contribution in [1.29, 1.82) is 0 Å². The zero-order valence-corrected chi connectivity index (χ0v) is 43.9. The molecule has 2 aromatic carbocycles. The Balaban J connectivity index is 1.62. The number of ether oxygens (including phenoxy) is 3. The Hall–Kier alpha value is -3.58. The van der Waals surface area contributed by atoms with Crippen molar-refractivity contribution in [3.63, 3.8) is 0 Å². The second-order valence-electron chi connectivity index (χ2n) is 15.7. The summed E-state index contributed by atoms with van der Waals surface area (Å²) in [5.41, 5.74) is 4.61. The maximum absolute atomic E-state index is 14.0. The molecule has 1 N–H and O–H groups in total. The molecule has 0 aliphatic heterocycles. The minimum atomic E-state index is -3.97. The molecule has 3 rings (SSSR count). The Labute approximate surface area is 407 Å². The Morgan fingerprint density at radius 1 is 0.879 bits per heavy atom. The molecule has 0 aromatic heterocycles. The summed E-state index contributed by atoms with van der Waals surface area (Å²) in [5.74, 6) is -0.620. The van der Waals surface area contributed by atoms with Crippen LogP contribution in [-0.4, -0.2) is 89.9 Å². The van der Waals surface area contributed by atoms with Crippen LogP contribution in [0, 0.1) is 19.3 Å². The molecule has 0 amide bonds. The fourth-order valence-electron chi connectivity index (χ4n) is 7.13. The van der Waals surface area contributed by atoms with Gasteiger partial charge in [-0.1, -0.05) is 55.5 Å². The van der Waals surface area contributed by atoms with Gasteiger partial charge >= 0.3 is 188 Å². The zero-order chi connectivity index (χ0) is 48.9. The molecule has 0 radical (unpaired) electrons. The molecule has 1 aliphatic rings. The molecular weight excluding hydrogens is 935 g/mol. The number of hydrogen-bond acceptors (Lipinski definition) is 14. The third-order valence-electron chi connectivity index (χ3n) is 10.5. The van der Waals surface area contributed by atoms with Crippen LogP contribution in [0.4, 0.5) is 0 Å². The number of rotatable bonds is 28. The molecule has 0 fully saturated rings. The largest absolute Gasteiger partial charge is 0.0767 e. The van der Waals surface area contributed by atoms with Crippen LogP contribution in [0.1, 0.15) is 81.4 Å². The van der Waals surface area contributed by atoms with E-state index in [0.717, 1.165) is 27.6 Å². The van der Waals surface area contributed by atoms with E-state index >= 15 is 0 Å². The van der Waals surface area contributed by atoms with Crippen molar-refractivity contribution in [3.8, 4) is 0 Å². The van der Waals surface area contributed by atoms with Crippen molar-refractivity contribution in [2.75, 3.05) is 56.0 Å². The molecule has 2 unspecified atom stereocenters. The van der Waals surface area contributed by atoms with Crippen LogP contribution in [0.25, 0.3) is 0 Å². The van der Waals surface area contributed by atoms with Crippen LogP contribution in [0.2, 0.25) is 0 Å². The monoisotopic (exact) mass is 1000 g/mol. The fraction of sp³-hybridized carbons (Fsp3) is 0.420. The smallest absolute Gasteiger partial charge is 0.0121 e. The van der Waals surface area contributed by atoms with Crippen molar-refractivity contribution >= 4 is 86.3 Å². The second-order valence-corrected chi connectivity index (χ2v) is 22.3. The Morgan fingerprint density at radius 2 is 1.47 bits per heavy atom. The molecule has 1 aliphatic carbocycles. The summed E-state index contributed by atoms with van der Waals surface area (Å²) in [5, 5.41) is 1.26. The second kappa shape index (κ2) is 28.7. The van der Waals surface area contributed by atoms with Crippen LogP contribution >= 0.6 is 52.0 Å². The summed E-state index contributed by atoms with van der Waals surface area (Å²) in [6.45, 7) is 18.8. The molecule has 2 aromatic rings. The molecule has 0 saturated heterocycles. The maximum Gasteiger partial charge on any atom is -0.0121 e. The van der Waals surface area contributed by atoms with Crippen molar-refractivity contribution in [1.82, 2.24) is 0 Å². The SMILES string of the molecule is C=C/C=C(\C=C/C)P(OCC)C(=O)C1=C(C)C=C(CSCC(=O)OCC(CC)(COC(=O)CS)COC(=O)CSCc2cc(C)c(C(=O)[PH](O)(OCC)c3ccccc3)c(C)c2)CC=C1C. The van der Waals surface area contributed by atoms with Gasteiger partial charge in [0.05, 0.1) is 11.5 Å². The summed E-state index contributed by atoms with van der Waals surface area (Å²) in [7, 11) is -5.55. The zero-order valence-electron chi connectivity index (χ0n) is 39.4. The van der Waals surface area contributed by atoms with Gasteiger partial charge in [-0.2, -0.15) is 12.6 Å². The van der Waals surface area contributed by atoms with Gasteiger partial charge in [0.25, 0.3) is 0 Å². The van der Waals surface area contributed by atoms with E-state index in [1.165, 1.54) is 23.5 Å². The first-order valence-corrected chi connectivity index (χ1v) is 27.9. The molecule has 360 valence electrons. The third kappa shape index (κ3) is 16.6. The molecule has 66 heavy (non-hydrogen) atoms. The van der Waals surface area contributed by atoms with Crippen LogP contribution in [0.15, 0.2) is 113 Å². The van der Waals surface area contributed by atoms with Gasteiger partial charge in [-0.3, -0.25) is 14.4 Å². The van der Waals surface area contributed by atoms with E-state index in [4.69, 9.17) is 23.3 Å². The third-order valence-corrected chi connectivity index (χ3v) is 17.3. The first-order valence-electron chi connectivity index (χ1n) is 21.8. The minimum absolute atomic E-state index is 0.0168. The average Bonchev–Trinajstić information content (AvgIpc) is 3.43. The van der Waals surface area contributed by atoms with Crippen LogP contribution in [0.3, 0.4) is 0 Å². The van der Waals surface area contributed by atoms with Gasteiger partial charge in [0.2, 0.25) is 5.52 Å². The van der Waals surface area contributed by atoms with E-state index in [9.17, 15) is 28.9 Å². The minimum Gasteiger partial charge on any atom is -0.0767 e. The molecule has 0 spiro atoms. The summed E-state index contributed by atoms with van der Waals surface area (Å²) in [4.78, 5) is 77.7. The Kier molecular flexibility index (Phi) is 24.7. The normalized spacial score (nSPS) is 15.0. The topological polar surface area (TPSA) is 152 Å². The van der Waals surface area contributed by atoms with Crippen molar-refractivity contribution in [3.05, 3.63) is 135 Å². The van der Waals surface area contributed by atoms with Crippen molar-refractivity contribution in [2.45, 2.75) is 74.0 Å². The maximum atomic E-state index is 14.0. The summed E-state index contributed by atoms with van der Waals surface area (Å²) < 4.78 is 28.6. The molecule has 16 heteroatoms. The standard InChI is InChI=1S/C50H66O11P2S3/c1-10-18-41(19-11-2)62(60-13-4)48(54)46-35(6)22-23-39(24-36(46)7)28-65-30-44(52)58-33-50(12-3,32-57-43(51)27-64)34-59-45(53)31-66-29-40-25-37(8)47(38(9)26-40)49(55)63(56,61-14-5)42-20-16-15-17-21-42/h10-11,15-22,24-26,56,63-64H,1,12-14,23,27-34H2,2-9H3/b19-11-,41-18+. The van der Waals surface area contributed by atoms with Crippen molar-refractivity contribution in [2.24, 2.45) is 5.41 Å². The van der Waals surface area contributed by atoms with Gasteiger partial charge in [0, 0.05) is 23.2 Å². The predicted octanol–water partition coefficient (Wildman–Crippen LogP) is 10.5. The van der Waals surface area contributed by atoms with Crippen LogP contribution < -0.4 is 5.30 Å². The van der Waals surface area contributed by atoms with Gasteiger partial charge < -0.3 is 14.0 Å². The number of thiol groups is 1. The number of benzene rings is 2. The van der Waals surface area contributed by atoms with E-state index in [1.807, 2.05) is 97.0 Å². The summed E-state index contributed by atoms with van der Waals surface area (Å²) in [6, 6.07) is 12.5. The first-order chi connectivity index (χ1) is 31.5. The molecule has 2 atom stereocenters. The van der Waals surface area contributed by atoms with Gasteiger partial charge in [0.1, 0.15) is 21.4 Å². The van der Waals surface area contributed by atoms with Crippen LogP contribution in [-0.2, 0) is 48.2 Å². The van der Waals surface area contributed by atoms with E-state index < -0.39 is 44.7 Å². The van der Waals surface area contributed by atoms with E-state index in [-0.39, 0.29) is 49.2 Å². The quantitative estimate of drug-likeness (QED) is 0.0274. The molecule has 0 saturated carbocycles. The Morgan fingerprint density at radius 3 is 2.00 bits per heavy atom. The average molecular weight is 1000 g/mol. The molecular formula is C50H66O11P2S3. The first kappa shape index (κ1) is 56.7. The molecule has 0 bridgehead atoms. The van der Waals surface area contributed by atoms with Gasteiger partial charge in [-0.15, -0.1) is 11.8 Å². The van der Waals surface area contributed by atoms with Crippen molar-refractivity contribution < 1.29 is 52.1 Å². The number of carbonyl (C=O) groups is 5. The fourth-order valence-corrected chi connectivity index (χ4v) is 13.0. The van der Waals surface area contributed by atoms with E-state index in [2.05, 4.69) is 19.2 Å². The molecule has 11 nitrogen and oxygen atoms in total. The number of thioether (sulfide) groups is 2. The van der Waals surface area contributed by atoms with E-state index in [0.29, 0.717) is 58.5 Å². The summed E-state index contributed by atoms with van der Waals surface area (Å²) >= 11 is 6.74. The number of aryl methyl sites for hydroxylation is 2.